The van der Waals surface area contributed by atoms with Crippen molar-refractivity contribution in [3.8, 4) is 11.8 Å². The molecule has 0 spiro atoms. The van der Waals surface area contributed by atoms with Crippen molar-refractivity contribution in [2.75, 3.05) is 6.54 Å². The van der Waals surface area contributed by atoms with Gasteiger partial charge in [0.05, 0.1) is 10.5 Å². The molecule has 2 rings (SSSR count). The summed E-state index contributed by atoms with van der Waals surface area (Å²) in [6, 6.07) is 5.46. The summed E-state index contributed by atoms with van der Waals surface area (Å²) in [6.07, 6.45) is 0.467. The first-order valence-electron chi connectivity index (χ1n) is 8.17. The number of hydrogen-bond acceptors (Lipinski definition) is 7. The van der Waals surface area contributed by atoms with E-state index in [-0.39, 0.29) is 30.6 Å². The van der Waals surface area contributed by atoms with Crippen LogP contribution < -0.4 is 5.73 Å². The molecule has 1 unspecified atom stereocenters. The third-order valence-corrected chi connectivity index (χ3v) is 4.35. The smallest absolute Gasteiger partial charge is 0.335 e. The van der Waals surface area contributed by atoms with E-state index in [0.717, 1.165) is 28.8 Å². The molecular weight excluding hydrogens is 372 g/mol. The van der Waals surface area contributed by atoms with Crippen molar-refractivity contribution < 1.29 is 25.0 Å². The van der Waals surface area contributed by atoms with E-state index < -0.39 is 33.9 Å². The van der Waals surface area contributed by atoms with Crippen molar-refractivity contribution in [3.05, 3.63) is 56.5 Å². The molecule has 12 nitrogen and oxygen atoms in total. The van der Waals surface area contributed by atoms with Crippen LogP contribution >= 0.6 is 0 Å². The number of nitro benzene ring substituents is 1. The molecule has 0 aliphatic carbocycles. The topological polar surface area (TPSA) is 201 Å². The summed E-state index contributed by atoms with van der Waals surface area (Å²) in [7, 11) is 0. The van der Waals surface area contributed by atoms with Gasteiger partial charge in [0.2, 0.25) is 0 Å². The van der Waals surface area contributed by atoms with Crippen LogP contribution in [0.1, 0.15) is 24.8 Å². The molecule has 0 aliphatic rings. The Labute approximate surface area is 158 Å². The highest BCUT2D eigenvalue weighted by molar-refractivity contribution is 5.84. The lowest BCUT2D eigenvalue weighted by Crippen LogP contribution is -2.43. The Morgan fingerprint density at radius 3 is 2.43 bits per heavy atom. The highest BCUT2D eigenvalue weighted by Gasteiger charge is 2.48. The van der Waals surface area contributed by atoms with E-state index in [1.165, 1.54) is 6.07 Å². The molecule has 28 heavy (non-hydrogen) atoms. The first kappa shape index (κ1) is 20.6. The zero-order chi connectivity index (χ0) is 20.9. The standard InChI is InChI=1S/C16H18N6O6/c17-8-2-1-7-16(15(25)26,21-13(23)5-6-14(21)24)11-4-3-10(19-20-18)9-12(11)22(27)28/h3-6,9,23-24H,1-2,7-8,17H2,(H,25,26). The Bertz CT molecular complexity index is 932. The van der Waals surface area contributed by atoms with Crippen LogP contribution in [0.4, 0.5) is 11.4 Å². The van der Waals surface area contributed by atoms with Gasteiger partial charge in [0.25, 0.3) is 5.69 Å². The zero-order valence-electron chi connectivity index (χ0n) is 14.6. The number of benzene rings is 1. The molecule has 5 N–H and O–H groups in total. The van der Waals surface area contributed by atoms with E-state index in [2.05, 4.69) is 10.0 Å². The van der Waals surface area contributed by atoms with Crippen molar-refractivity contribution >= 4 is 17.3 Å². The number of nitrogens with zero attached hydrogens (tertiary/aromatic N) is 5. The molecule has 0 fully saturated rings. The molecule has 1 aromatic carbocycles. The molecule has 0 bridgehead atoms. The summed E-state index contributed by atoms with van der Waals surface area (Å²) in [6.45, 7) is 0.261. The number of carboxylic acid groups (broad SMARTS) is 1. The van der Waals surface area contributed by atoms with E-state index in [0.29, 0.717) is 6.42 Å². The maximum atomic E-state index is 12.4. The van der Waals surface area contributed by atoms with Gasteiger partial charge in [-0.3, -0.25) is 14.7 Å². The van der Waals surface area contributed by atoms with Crippen molar-refractivity contribution in [1.82, 2.24) is 4.57 Å². The van der Waals surface area contributed by atoms with E-state index in [9.17, 15) is 30.2 Å². The molecule has 1 aromatic heterocycles. The Morgan fingerprint density at radius 2 is 1.93 bits per heavy atom. The van der Waals surface area contributed by atoms with Crippen LogP contribution in [0, 0.1) is 10.1 Å². The first-order valence-corrected chi connectivity index (χ1v) is 8.17. The van der Waals surface area contributed by atoms with Crippen molar-refractivity contribution in [3.63, 3.8) is 0 Å². The lowest BCUT2D eigenvalue weighted by atomic mass is 9.83. The van der Waals surface area contributed by atoms with E-state index in [1.807, 2.05) is 0 Å². The quantitative estimate of drug-likeness (QED) is 0.126. The number of carbonyl (C=O) groups is 1. The molecule has 148 valence electrons. The van der Waals surface area contributed by atoms with Crippen LogP contribution in [0.25, 0.3) is 10.4 Å². The Hall–Kier alpha value is -3.76. The van der Waals surface area contributed by atoms with Gasteiger partial charge in [-0.1, -0.05) is 11.2 Å². The molecule has 12 heteroatoms. The van der Waals surface area contributed by atoms with Crippen molar-refractivity contribution in [2.24, 2.45) is 10.8 Å². The van der Waals surface area contributed by atoms with E-state index in [1.54, 1.807) is 0 Å². The Balaban J connectivity index is 2.87. The lowest BCUT2D eigenvalue weighted by molar-refractivity contribution is -0.386. The number of hydrogen-bond donors (Lipinski definition) is 4. The summed E-state index contributed by atoms with van der Waals surface area (Å²) in [4.78, 5) is 25.8. The summed E-state index contributed by atoms with van der Waals surface area (Å²) >= 11 is 0. The number of carboxylic acids is 1. The number of aromatic hydroxyl groups is 2. The van der Waals surface area contributed by atoms with Gasteiger partial charge < -0.3 is 21.1 Å². The molecule has 0 aliphatic heterocycles. The third-order valence-electron chi connectivity index (χ3n) is 4.35. The molecule has 0 saturated heterocycles. The van der Waals surface area contributed by atoms with Gasteiger partial charge in [-0.05, 0) is 37.4 Å². The average molecular weight is 390 g/mol. The predicted molar refractivity (Wildman–Crippen MR) is 97.3 cm³/mol. The maximum absolute atomic E-state index is 12.4. The lowest BCUT2D eigenvalue weighted by Gasteiger charge is -2.32. The van der Waals surface area contributed by atoms with Gasteiger partial charge >= 0.3 is 5.97 Å². The second-order valence-corrected chi connectivity index (χ2v) is 5.94. The summed E-state index contributed by atoms with van der Waals surface area (Å²) in [5.41, 5.74) is 10.8. The van der Waals surface area contributed by atoms with Crippen LogP contribution in [0.3, 0.4) is 0 Å². The molecular formula is C16H18N6O6. The monoisotopic (exact) mass is 390 g/mol. The molecule has 2 aromatic rings. The number of azide groups is 1. The fourth-order valence-corrected chi connectivity index (χ4v) is 3.15. The minimum absolute atomic E-state index is 0.0832. The van der Waals surface area contributed by atoms with Gasteiger partial charge in [0.1, 0.15) is 0 Å². The van der Waals surface area contributed by atoms with Crippen molar-refractivity contribution in [1.29, 1.82) is 0 Å². The highest BCUT2D eigenvalue weighted by Crippen LogP contribution is 2.44. The number of aliphatic carboxylic acids is 1. The second kappa shape index (κ2) is 8.29. The minimum atomic E-state index is -2.19. The van der Waals surface area contributed by atoms with Crippen LogP contribution in [-0.2, 0) is 10.3 Å². The fraction of sp³-hybridized carbons (Fsp3) is 0.312. The first-order chi connectivity index (χ1) is 13.3. The van der Waals surface area contributed by atoms with Gasteiger partial charge in [0, 0.05) is 28.8 Å². The normalized spacial score (nSPS) is 12.8. The SMILES string of the molecule is [N-]=[N+]=Nc1ccc(C(CCCCN)(C(=O)O)n2c(O)ccc2O)c([N+](=O)[O-])c1. The van der Waals surface area contributed by atoms with Gasteiger partial charge in [-0.15, -0.1) is 0 Å². The second-order valence-electron chi connectivity index (χ2n) is 5.94. The minimum Gasteiger partial charge on any atom is -0.494 e. The highest BCUT2D eigenvalue weighted by atomic mass is 16.6. The molecule has 1 atom stereocenters. The summed E-state index contributed by atoms with van der Waals surface area (Å²) in [5, 5.41) is 45.4. The average Bonchev–Trinajstić information content (AvgIpc) is 2.98. The molecule has 1 heterocycles. The number of aromatic nitrogens is 1. The van der Waals surface area contributed by atoms with E-state index in [4.69, 9.17) is 11.3 Å². The van der Waals surface area contributed by atoms with Crippen LogP contribution in [0.5, 0.6) is 11.8 Å². The largest absolute Gasteiger partial charge is 0.494 e. The van der Waals surface area contributed by atoms with Crippen LogP contribution in [-0.4, -0.2) is 37.3 Å². The van der Waals surface area contributed by atoms with Gasteiger partial charge in [0.15, 0.2) is 17.3 Å². The van der Waals surface area contributed by atoms with Gasteiger partial charge in [-0.25, -0.2) is 4.79 Å². The number of nitrogens with two attached hydrogens (primary N) is 1. The van der Waals surface area contributed by atoms with Crippen LogP contribution in [0.15, 0.2) is 35.4 Å². The van der Waals surface area contributed by atoms with Crippen LogP contribution in [0.2, 0.25) is 0 Å². The number of unbranched alkanes of at least 4 members (excludes halogenated alkanes) is 1. The van der Waals surface area contributed by atoms with Crippen molar-refractivity contribution in [2.45, 2.75) is 24.8 Å². The maximum Gasteiger partial charge on any atom is 0.335 e. The summed E-state index contributed by atoms with van der Waals surface area (Å²) in [5.74, 6) is -2.69. The Morgan fingerprint density at radius 1 is 1.29 bits per heavy atom. The molecule has 0 saturated carbocycles. The predicted octanol–water partition coefficient (Wildman–Crippen LogP) is 2.71. The number of rotatable bonds is 9. The molecule has 0 radical (unpaired) electrons. The third kappa shape index (κ3) is 3.54. The van der Waals surface area contributed by atoms with E-state index >= 15 is 0 Å². The zero-order valence-corrected chi connectivity index (χ0v) is 14.6. The molecule has 0 amide bonds. The summed E-state index contributed by atoms with van der Waals surface area (Å²) < 4.78 is 0.724. The Kier molecular flexibility index (Phi) is 6.08. The fourth-order valence-electron chi connectivity index (χ4n) is 3.15. The number of nitro groups is 1. The van der Waals surface area contributed by atoms with Gasteiger partial charge in [-0.2, -0.15) is 0 Å².